The lowest BCUT2D eigenvalue weighted by Crippen LogP contribution is -2.21. The van der Waals surface area contributed by atoms with Gasteiger partial charge in [0.1, 0.15) is 6.61 Å². The Labute approximate surface area is 154 Å². The summed E-state index contributed by atoms with van der Waals surface area (Å²) in [6, 6.07) is 9.32. The van der Waals surface area contributed by atoms with Crippen LogP contribution in [0.2, 0.25) is 5.02 Å². The molecule has 0 atom stereocenters. The summed E-state index contributed by atoms with van der Waals surface area (Å²) in [6.07, 6.45) is 1.77. The number of aromatic nitrogens is 1. The van der Waals surface area contributed by atoms with Crippen LogP contribution in [0.1, 0.15) is 26.3 Å². The van der Waals surface area contributed by atoms with Gasteiger partial charge in [0, 0.05) is 36.4 Å². The normalized spacial score (nSPS) is 10.8. The summed E-state index contributed by atoms with van der Waals surface area (Å²) in [5.74, 6) is 2.00. The molecule has 1 heterocycles. The highest BCUT2D eigenvalue weighted by molar-refractivity contribution is 6.31. The number of hydrogen-bond donors (Lipinski definition) is 1. The quantitative estimate of drug-likeness (QED) is 0.643. The van der Waals surface area contributed by atoms with Crippen molar-refractivity contribution in [3.8, 4) is 17.4 Å². The van der Waals surface area contributed by atoms with E-state index in [-0.39, 0.29) is 6.10 Å². The van der Waals surface area contributed by atoms with Gasteiger partial charge in [0.25, 0.3) is 0 Å². The molecule has 1 aromatic carbocycles. The highest BCUT2D eigenvalue weighted by Crippen LogP contribution is 2.34. The van der Waals surface area contributed by atoms with Crippen LogP contribution >= 0.6 is 11.6 Å². The SMILES string of the molecule is CCOc1cc(CNCCOc2ccccn2)c(Cl)cc1OC(C)C. The maximum Gasteiger partial charge on any atom is 0.213 e. The standard InChI is InChI=1S/C19H25ClN2O3/c1-4-23-17-11-15(16(20)12-18(17)25-14(2)3)13-21-9-10-24-19-7-5-6-8-22-19/h5-8,11-12,14,21H,4,9-10,13H2,1-3H3. The van der Waals surface area contributed by atoms with Crippen molar-refractivity contribution in [2.75, 3.05) is 19.8 Å². The topological polar surface area (TPSA) is 52.6 Å². The van der Waals surface area contributed by atoms with Crippen molar-refractivity contribution in [2.24, 2.45) is 0 Å². The average Bonchev–Trinajstić information content (AvgIpc) is 2.58. The first kappa shape index (κ1) is 19.3. The van der Waals surface area contributed by atoms with Crippen molar-refractivity contribution in [1.29, 1.82) is 0 Å². The lowest BCUT2D eigenvalue weighted by Gasteiger charge is -2.17. The van der Waals surface area contributed by atoms with Gasteiger partial charge in [-0.1, -0.05) is 17.7 Å². The molecule has 0 fully saturated rings. The van der Waals surface area contributed by atoms with Gasteiger partial charge < -0.3 is 19.5 Å². The van der Waals surface area contributed by atoms with E-state index in [1.165, 1.54) is 0 Å². The number of nitrogens with zero attached hydrogens (tertiary/aromatic N) is 1. The first-order chi connectivity index (χ1) is 12.1. The average molecular weight is 365 g/mol. The molecule has 1 aromatic heterocycles. The van der Waals surface area contributed by atoms with E-state index >= 15 is 0 Å². The van der Waals surface area contributed by atoms with Crippen LogP contribution in [0.5, 0.6) is 17.4 Å². The second-order valence-corrected chi connectivity index (χ2v) is 6.09. The van der Waals surface area contributed by atoms with Gasteiger partial charge in [-0.15, -0.1) is 0 Å². The number of benzene rings is 1. The van der Waals surface area contributed by atoms with Gasteiger partial charge in [-0.05, 0) is 38.5 Å². The Hall–Kier alpha value is -1.98. The van der Waals surface area contributed by atoms with Crippen molar-refractivity contribution in [1.82, 2.24) is 10.3 Å². The second-order valence-electron chi connectivity index (χ2n) is 5.68. The largest absolute Gasteiger partial charge is 0.490 e. The molecule has 0 unspecified atom stereocenters. The van der Waals surface area contributed by atoms with Crippen LogP contribution in [0.3, 0.4) is 0 Å². The zero-order chi connectivity index (χ0) is 18.1. The summed E-state index contributed by atoms with van der Waals surface area (Å²) in [4.78, 5) is 4.11. The summed E-state index contributed by atoms with van der Waals surface area (Å²) in [6.45, 7) is 8.29. The van der Waals surface area contributed by atoms with Crippen molar-refractivity contribution in [3.05, 3.63) is 47.1 Å². The van der Waals surface area contributed by atoms with E-state index in [1.54, 1.807) is 6.20 Å². The van der Waals surface area contributed by atoms with Gasteiger partial charge in [0.15, 0.2) is 11.5 Å². The predicted molar refractivity (Wildman–Crippen MR) is 99.8 cm³/mol. The summed E-state index contributed by atoms with van der Waals surface area (Å²) >= 11 is 6.38. The van der Waals surface area contributed by atoms with Gasteiger partial charge in [-0.2, -0.15) is 0 Å². The Morgan fingerprint density at radius 2 is 2.00 bits per heavy atom. The van der Waals surface area contributed by atoms with Gasteiger partial charge >= 0.3 is 0 Å². The third-order valence-electron chi connectivity index (χ3n) is 3.26. The molecule has 0 saturated carbocycles. The number of rotatable bonds is 10. The molecule has 0 bridgehead atoms. The Bertz CT molecular complexity index is 651. The van der Waals surface area contributed by atoms with Crippen LogP contribution in [0.15, 0.2) is 36.5 Å². The van der Waals surface area contributed by atoms with Gasteiger partial charge in [0.05, 0.1) is 12.7 Å². The highest BCUT2D eigenvalue weighted by Gasteiger charge is 2.12. The molecule has 0 saturated heterocycles. The molecule has 2 aromatic rings. The minimum Gasteiger partial charge on any atom is -0.490 e. The van der Waals surface area contributed by atoms with Crippen LogP contribution in [0, 0.1) is 0 Å². The summed E-state index contributed by atoms with van der Waals surface area (Å²) in [5, 5.41) is 3.96. The summed E-state index contributed by atoms with van der Waals surface area (Å²) in [7, 11) is 0. The Balaban J connectivity index is 1.89. The molecule has 0 aliphatic rings. The van der Waals surface area contributed by atoms with E-state index in [9.17, 15) is 0 Å². The van der Waals surface area contributed by atoms with Crippen LogP contribution in [-0.2, 0) is 6.54 Å². The minimum atomic E-state index is 0.0583. The number of halogens is 1. The van der Waals surface area contributed by atoms with E-state index in [1.807, 2.05) is 51.1 Å². The molecule has 25 heavy (non-hydrogen) atoms. The van der Waals surface area contributed by atoms with E-state index in [4.69, 9.17) is 25.8 Å². The molecule has 136 valence electrons. The zero-order valence-corrected chi connectivity index (χ0v) is 15.7. The third kappa shape index (κ3) is 6.44. The highest BCUT2D eigenvalue weighted by atomic mass is 35.5. The maximum absolute atomic E-state index is 6.38. The first-order valence-corrected chi connectivity index (χ1v) is 8.84. The lowest BCUT2D eigenvalue weighted by atomic mass is 10.2. The molecular formula is C19H25ClN2O3. The molecule has 0 aliphatic heterocycles. The monoisotopic (exact) mass is 364 g/mol. The second kappa shape index (κ2) is 10.1. The smallest absolute Gasteiger partial charge is 0.213 e. The van der Waals surface area contributed by atoms with E-state index in [2.05, 4.69) is 10.3 Å². The van der Waals surface area contributed by atoms with E-state index < -0.39 is 0 Å². The van der Waals surface area contributed by atoms with Gasteiger partial charge in [-0.25, -0.2) is 4.98 Å². The number of ether oxygens (including phenoxy) is 3. The number of nitrogens with one attached hydrogen (secondary N) is 1. The van der Waals surface area contributed by atoms with Crippen molar-refractivity contribution < 1.29 is 14.2 Å². The summed E-state index contributed by atoms with van der Waals surface area (Å²) < 4.78 is 17.0. The maximum atomic E-state index is 6.38. The molecule has 0 spiro atoms. The number of hydrogen-bond acceptors (Lipinski definition) is 5. The molecule has 0 radical (unpaired) electrons. The fourth-order valence-electron chi connectivity index (χ4n) is 2.21. The predicted octanol–water partition coefficient (Wildman–Crippen LogP) is 4.09. The molecule has 0 amide bonds. The fraction of sp³-hybridized carbons (Fsp3) is 0.421. The fourth-order valence-corrected chi connectivity index (χ4v) is 2.43. The van der Waals surface area contributed by atoms with E-state index in [0.29, 0.717) is 48.7 Å². The molecule has 6 heteroatoms. The molecule has 5 nitrogen and oxygen atoms in total. The molecular weight excluding hydrogens is 340 g/mol. The van der Waals surface area contributed by atoms with Gasteiger partial charge in [0.2, 0.25) is 5.88 Å². The number of pyridine rings is 1. The minimum absolute atomic E-state index is 0.0583. The zero-order valence-electron chi connectivity index (χ0n) is 14.9. The van der Waals surface area contributed by atoms with Crippen molar-refractivity contribution in [3.63, 3.8) is 0 Å². The van der Waals surface area contributed by atoms with Crippen LogP contribution < -0.4 is 19.5 Å². The summed E-state index contributed by atoms with van der Waals surface area (Å²) in [5.41, 5.74) is 0.957. The first-order valence-electron chi connectivity index (χ1n) is 8.46. The molecule has 1 N–H and O–H groups in total. The van der Waals surface area contributed by atoms with Crippen LogP contribution in [0.4, 0.5) is 0 Å². The Kier molecular flexibility index (Phi) is 7.82. The van der Waals surface area contributed by atoms with Crippen LogP contribution in [-0.4, -0.2) is 30.8 Å². The molecule has 2 rings (SSSR count). The molecule has 0 aliphatic carbocycles. The Morgan fingerprint density at radius 1 is 1.16 bits per heavy atom. The lowest BCUT2D eigenvalue weighted by molar-refractivity contribution is 0.223. The van der Waals surface area contributed by atoms with Gasteiger partial charge in [-0.3, -0.25) is 0 Å². The third-order valence-corrected chi connectivity index (χ3v) is 3.61. The van der Waals surface area contributed by atoms with E-state index in [0.717, 1.165) is 5.56 Å². The van der Waals surface area contributed by atoms with Crippen LogP contribution in [0.25, 0.3) is 0 Å². The van der Waals surface area contributed by atoms with Crippen molar-refractivity contribution in [2.45, 2.75) is 33.4 Å². The van der Waals surface area contributed by atoms with Crippen molar-refractivity contribution >= 4 is 11.6 Å². The Morgan fingerprint density at radius 3 is 2.68 bits per heavy atom.